The van der Waals surface area contributed by atoms with Gasteiger partial charge in [0.05, 0.1) is 0 Å². The fraction of sp³-hybridized carbons (Fsp3) is 0.364. The third-order valence-corrected chi connectivity index (χ3v) is 2.40. The maximum absolute atomic E-state index is 10.9. The Hall–Kier alpha value is 0.616. The Balaban J connectivity index is 0.00000196. The summed E-state index contributed by atoms with van der Waals surface area (Å²) in [5.41, 5.74) is 0.740. The molecule has 1 unspecified atom stereocenters. The number of carbonyl (C=O) groups is 1. The fourth-order valence-corrected chi connectivity index (χ4v) is 1.59. The Morgan fingerprint density at radius 1 is 1.27 bits per heavy atom. The second-order valence-electron chi connectivity index (χ2n) is 3.59. The predicted molar refractivity (Wildman–Crippen MR) is 54.0 cm³/mol. The van der Waals surface area contributed by atoms with Gasteiger partial charge in [-0.3, -0.25) is 0 Å². The largest absolute Gasteiger partial charge is 1.00 e. The normalized spacial score (nSPS) is 12.0. The average molecular weight is 251 g/mol. The second-order valence-corrected chi connectivity index (χ2v) is 4.03. The molecule has 0 bridgehead atoms. The van der Waals surface area contributed by atoms with Gasteiger partial charge < -0.3 is 9.90 Å². The zero-order chi connectivity index (χ0) is 10.7. The van der Waals surface area contributed by atoms with Gasteiger partial charge in [-0.25, -0.2) is 0 Å². The van der Waals surface area contributed by atoms with Gasteiger partial charge in [0.2, 0.25) is 0 Å². The van der Waals surface area contributed by atoms with E-state index >= 15 is 0 Å². The smallest absolute Gasteiger partial charge is 0.549 e. The Labute approximate surface area is 137 Å². The van der Waals surface area contributed by atoms with Crippen molar-refractivity contribution >= 4 is 17.6 Å². The summed E-state index contributed by atoms with van der Waals surface area (Å²) in [4.78, 5) is 10.9. The third-order valence-electron chi connectivity index (χ3n) is 2.15. The van der Waals surface area contributed by atoms with E-state index in [4.69, 9.17) is 11.6 Å². The minimum Gasteiger partial charge on any atom is -0.549 e. The molecule has 0 aliphatic rings. The first-order chi connectivity index (χ1) is 6.52. The van der Waals surface area contributed by atoms with Crippen molar-refractivity contribution in [1.82, 2.24) is 0 Å². The van der Waals surface area contributed by atoms with Gasteiger partial charge >= 0.3 is 51.4 Å². The van der Waals surface area contributed by atoms with Crippen molar-refractivity contribution in [2.75, 3.05) is 0 Å². The zero-order valence-electron chi connectivity index (χ0n) is 9.16. The molecule has 0 fully saturated rings. The molecule has 1 rings (SSSR count). The molecule has 4 heteroatoms. The molecule has 15 heavy (non-hydrogen) atoms. The third kappa shape index (κ3) is 4.55. The number of benzene rings is 1. The maximum atomic E-state index is 10.9. The van der Waals surface area contributed by atoms with E-state index in [2.05, 4.69) is 0 Å². The minimum atomic E-state index is -1.04. The quantitative estimate of drug-likeness (QED) is 0.635. The maximum Gasteiger partial charge on any atom is 1.00 e. The summed E-state index contributed by atoms with van der Waals surface area (Å²) in [6.07, 6.45) is 0. The van der Waals surface area contributed by atoms with Crippen molar-refractivity contribution in [3.63, 3.8) is 0 Å². The Morgan fingerprint density at radius 2 is 1.73 bits per heavy atom. The molecule has 0 heterocycles. The van der Waals surface area contributed by atoms with Gasteiger partial charge in [-0.2, -0.15) is 0 Å². The number of carboxylic acid groups (broad SMARTS) is 1. The van der Waals surface area contributed by atoms with Crippen LogP contribution in [0, 0.1) is 5.92 Å². The zero-order valence-corrected chi connectivity index (χ0v) is 13.0. The molecular formula is C11H12ClKO2. The van der Waals surface area contributed by atoms with Crippen molar-refractivity contribution in [2.24, 2.45) is 5.92 Å². The summed E-state index contributed by atoms with van der Waals surface area (Å²) in [6.45, 7) is 3.71. The molecule has 0 radical (unpaired) electrons. The molecule has 0 aromatic heterocycles. The van der Waals surface area contributed by atoms with Gasteiger partial charge in [0, 0.05) is 16.9 Å². The van der Waals surface area contributed by atoms with Gasteiger partial charge in [0.15, 0.2) is 0 Å². The topological polar surface area (TPSA) is 40.1 Å². The van der Waals surface area contributed by atoms with Crippen molar-refractivity contribution in [2.45, 2.75) is 19.8 Å². The van der Waals surface area contributed by atoms with Crippen LogP contribution in [0.5, 0.6) is 0 Å². The summed E-state index contributed by atoms with van der Waals surface area (Å²) >= 11 is 5.71. The van der Waals surface area contributed by atoms with Crippen LogP contribution >= 0.6 is 11.6 Å². The van der Waals surface area contributed by atoms with Gasteiger partial charge in [0.25, 0.3) is 0 Å². The van der Waals surface area contributed by atoms with Gasteiger partial charge in [-0.1, -0.05) is 37.6 Å². The van der Waals surface area contributed by atoms with E-state index in [0.717, 1.165) is 5.56 Å². The van der Waals surface area contributed by atoms with Crippen LogP contribution in [0.2, 0.25) is 5.02 Å². The van der Waals surface area contributed by atoms with Crippen LogP contribution in [0.25, 0.3) is 0 Å². The molecule has 0 saturated carbocycles. The molecule has 2 nitrogen and oxygen atoms in total. The van der Waals surface area contributed by atoms with E-state index in [-0.39, 0.29) is 57.3 Å². The summed E-state index contributed by atoms with van der Waals surface area (Å²) < 4.78 is 0. The van der Waals surface area contributed by atoms with Crippen molar-refractivity contribution < 1.29 is 61.3 Å². The van der Waals surface area contributed by atoms with E-state index in [1.807, 2.05) is 13.8 Å². The standard InChI is InChI=1S/C11H13ClO2.K/c1-7(2)10(11(13)14)8-3-5-9(12)6-4-8;/h3-7,10H,1-2H3,(H,13,14);/q;+1/p-1. The molecule has 0 amide bonds. The van der Waals surface area contributed by atoms with Crippen LogP contribution in [0.4, 0.5) is 0 Å². The van der Waals surface area contributed by atoms with Crippen LogP contribution in [0.3, 0.4) is 0 Å². The van der Waals surface area contributed by atoms with Gasteiger partial charge in [-0.15, -0.1) is 0 Å². The van der Waals surface area contributed by atoms with Crippen molar-refractivity contribution in [3.05, 3.63) is 34.9 Å². The van der Waals surface area contributed by atoms with Crippen LogP contribution in [-0.2, 0) is 4.79 Å². The predicted octanol–water partition coefficient (Wildman–Crippen LogP) is -1.17. The summed E-state index contributed by atoms with van der Waals surface area (Å²) in [6, 6.07) is 6.83. The first kappa shape index (κ1) is 15.6. The first-order valence-corrected chi connectivity index (χ1v) is 4.86. The Bertz CT molecular complexity index is 322. The molecule has 1 atom stereocenters. The van der Waals surface area contributed by atoms with E-state index in [1.165, 1.54) is 0 Å². The second kappa shape index (κ2) is 7.04. The number of carboxylic acids is 1. The van der Waals surface area contributed by atoms with E-state index in [1.54, 1.807) is 24.3 Å². The number of hydrogen-bond donors (Lipinski definition) is 0. The van der Waals surface area contributed by atoms with Crippen molar-refractivity contribution in [3.8, 4) is 0 Å². The van der Waals surface area contributed by atoms with Gasteiger partial charge in [-0.05, 0) is 23.6 Å². The summed E-state index contributed by atoms with van der Waals surface area (Å²) in [7, 11) is 0. The molecule has 76 valence electrons. The molecule has 0 aliphatic heterocycles. The number of rotatable bonds is 3. The molecule has 1 aromatic carbocycles. The number of aliphatic carboxylic acids is 1. The molecular weight excluding hydrogens is 239 g/mol. The van der Waals surface area contributed by atoms with E-state index in [9.17, 15) is 9.90 Å². The number of hydrogen-bond acceptors (Lipinski definition) is 2. The molecule has 0 aliphatic carbocycles. The fourth-order valence-electron chi connectivity index (χ4n) is 1.46. The average Bonchev–Trinajstić information content (AvgIpc) is 2.07. The molecule has 0 spiro atoms. The van der Waals surface area contributed by atoms with Crippen LogP contribution in [0.1, 0.15) is 25.3 Å². The summed E-state index contributed by atoms with van der Waals surface area (Å²) in [5, 5.41) is 11.5. The van der Waals surface area contributed by atoms with Gasteiger partial charge in [0.1, 0.15) is 0 Å². The molecule has 0 saturated heterocycles. The number of halogens is 1. The first-order valence-electron chi connectivity index (χ1n) is 4.48. The van der Waals surface area contributed by atoms with E-state index < -0.39 is 11.9 Å². The molecule has 1 aromatic rings. The Morgan fingerprint density at radius 3 is 2.07 bits per heavy atom. The van der Waals surface area contributed by atoms with Crippen LogP contribution in [0.15, 0.2) is 24.3 Å². The van der Waals surface area contributed by atoms with Crippen LogP contribution in [-0.4, -0.2) is 5.97 Å². The van der Waals surface area contributed by atoms with Crippen molar-refractivity contribution in [1.29, 1.82) is 0 Å². The summed E-state index contributed by atoms with van der Waals surface area (Å²) in [5.74, 6) is -1.59. The Kier molecular flexibility index (Phi) is 7.33. The monoisotopic (exact) mass is 250 g/mol. The SMILES string of the molecule is CC(C)C(C(=O)[O-])c1ccc(Cl)cc1.[K+]. The van der Waals surface area contributed by atoms with E-state index in [0.29, 0.717) is 5.02 Å². The minimum absolute atomic E-state index is 0. The molecule has 0 N–H and O–H groups in total. The van der Waals surface area contributed by atoms with Crippen LogP contribution < -0.4 is 56.5 Å². The number of carbonyl (C=O) groups excluding carboxylic acids is 1.